The van der Waals surface area contributed by atoms with Crippen molar-refractivity contribution in [2.45, 2.75) is 52.5 Å². The highest BCUT2D eigenvalue weighted by atomic mass is 16.5. The van der Waals surface area contributed by atoms with Gasteiger partial charge in [0, 0.05) is 39.1 Å². The van der Waals surface area contributed by atoms with E-state index in [1.54, 1.807) is 0 Å². The Morgan fingerprint density at radius 3 is 2.61 bits per heavy atom. The predicted octanol–water partition coefficient (Wildman–Crippen LogP) is 2.43. The van der Waals surface area contributed by atoms with Crippen molar-refractivity contribution >= 4 is 22.8 Å². The minimum Gasteiger partial charge on any atom is -0.382 e. The van der Waals surface area contributed by atoms with Gasteiger partial charge in [-0.15, -0.1) is 0 Å². The molecule has 0 aliphatic heterocycles. The molecule has 7 heteroatoms. The number of ether oxygens (including phenoxy) is 1. The molecule has 0 fully saturated rings. The molecule has 2 rings (SSSR count). The molecule has 1 aromatic carbocycles. The van der Waals surface area contributed by atoms with Gasteiger partial charge in [0.25, 0.3) is 0 Å². The number of nitrogens with zero attached hydrogens (tertiary/aromatic N) is 2. The molecule has 2 aromatic rings. The number of benzene rings is 1. The fourth-order valence-electron chi connectivity index (χ4n) is 3.03. The Hall–Kier alpha value is -2.41. The lowest BCUT2D eigenvalue weighted by molar-refractivity contribution is -0.122. The van der Waals surface area contributed by atoms with E-state index in [2.05, 4.69) is 15.6 Å². The van der Waals surface area contributed by atoms with Crippen LogP contribution < -0.4 is 10.6 Å². The van der Waals surface area contributed by atoms with Crippen LogP contribution in [0.15, 0.2) is 24.3 Å². The van der Waals surface area contributed by atoms with E-state index in [-0.39, 0.29) is 18.4 Å². The van der Waals surface area contributed by atoms with Crippen molar-refractivity contribution in [3.05, 3.63) is 30.1 Å². The second-order valence-electron chi connectivity index (χ2n) is 6.71. The Labute approximate surface area is 166 Å². The Morgan fingerprint density at radius 1 is 1.07 bits per heavy atom. The molecule has 0 spiro atoms. The molecule has 154 valence electrons. The zero-order valence-corrected chi connectivity index (χ0v) is 17.0. The molecule has 0 radical (unpaired) electrons. The van der Waals surface area contributed by atoms with Gasteiger partial charge in [-0.2, -0.15) is 0 Å². The average Bonchev–Trinajstić information content (AvgIpc) is 3.03. The van der Waals surface area contributed by atoms with Crippen molar-refractivity contribution in [1.29, 1.82) is 0 Å². The molecule has 0 unspecified atom stereocenters. The van der Waals surface area contributed by atoms with Gasteiger partial charge < -0.3 is 19.9 Å². The fourth-order valence-corrected chi connectivity index (χ4v) is 3.03. The van der Waals surface area contributed by atoms with Gasteiger partial charge in [0.15, 0.2) is 0 Å². The van der Waals surface area contributed by atoms with E-state index in [0.29, 0.717) is 39.1 Å². The van der Waals surface area contributed by atoms with Crippen LogP contribution in [-0.2, 0) is 27.3 Å². The molecule has 1 heterocycles. The van der Waals surface area contributed by atoms with Crippen LogP contribution in [0.1, 0.15) is 45.4 Å². The van der Waals surface area contributed by atoms with Crippen LogP contribution in [0.25, 0.3) is 11.0 Å². The van der Waals surface area contributed by atoms with Gasteiger partial charge in [0.1, 0.15) is 12.4 Å². The Kier molecular flexibility index (Phi) is 9.48. The predicted molar refractivity (Wildman–Crippen MR) is 110 cm³/mol. The van der Waals surface area contributed by atoms with E-state index in [1.165, 1.54) is 0 Å². The van der Waals surface area contributed by atoms with E-state index in [0.717, 1.165) is 36.1 Å². The molecule has 0 aliphatic rings. The van der Waals surface area contributed by atoms with Crippen molar-refractivity contribution in [3.63, 3.8) is 0 Å². The molecule has 1 aromatic heterocycles. The third-order valence-electron chi connectivity index (χ3n) is 4.40. The van der Waals surface area contributed by atoms with Gasteiger partial charge in [-0.25, -0.2) is 4.98 Å². The van der Waals surface area contributed by atoms with Crippen molar-refractivity contribution in [2.24, 2.45) is 0 Å². The van der Waals surface area contributed by atoms with Crippen LogP contribution in [0.2, 0.25) is 0 Å². The fraction of sp³-hybridized carbons (Fsp3) is 0.571. The number of aryl methyl sites for hydroxylation is 1. The van der Waals surface area contributed by atoms with Gasteiger partial charge in [-0.1, -0.05) is 19.1 Å². The number of para-hydroxylation sites is 2. The van der Waals surface area contributed by atoms with E-state index in [1.807, 2.05) is 42.7 Å². The molecule has 28 heavy (non-hydrogen) atoms. The number of hydrogen-bond acceptors (Lipinski definition) is 4. The molecular formula is C21H32N4O3. The van der Waals surface area contributed by atoms with Crippen LogP contribution in [0, 0.1) is 0 Å². The Balaban J connectivity index is 1.94. The quantitative estimate of drug-likeness (QED) is 0.516. The topological polar surface area (TPSA) is 85.2 Å². The molecule has 0 atom stereocenters. The summed E-state index contributed by atoms with van der Waals surface area (Å²) in [6, 6.07) is 7.84. The maximum absolute atomic E-state index is 12.4. The number of carbonyl (C=O) groups is 2. The number of imidazole rings is 1. The van der Waals surface area contributed by atoms with Crippen molar-refractivity contribution in [1.82, 2.24) is 20.2 Å². The first-order valence-corrected chi connectivity index (χ1v) is 10.2. The summed E-state index contributed by atoms with van der Waals surface area (Å²) in [6.45, 7) is 6.75. The number of hydrogen-bond donors (Lipinski definition) is 2. The molecule has 0 bridgehead atoms. The van der Waals surface area contributed by atoms with E-state index >= 15 is 0 Å². The van der Waals surface area contributed by atoms with Crippen LogP contribution in [-0.4, -0.2) is 47.7 Å². The summed E-state index contributed by atoms with van der Waals surface area (Å²) < 4.78 is 7.26. The van der Waals surface area contributed by atoms with Gasteiger partial charge in [0.2, 0.25) is 11.8 Å². The highest BCUT2D eigenvalue weighted by Gasteiger charge is 2.13. The zero-order chi connectivity index (χ0) is 20.2. The Morgan fingerprint density at radius 2 is 1.82 bits per heavy atom. The smallest absolute Gasteiger partial charge is 0.240 e. The molecule has 2 N–H and O–H groups in total. The summed E-state index contributed by atoms with van der Waals surface area (Å²) in [5.41, 5.74) is 1.84. The summed E-state index contributed by atoms with van der Waals surface area (Å²) in [6.07, 6.45) is 3.70. The molecule has 0 saturated heterocycles. The van der Waals surface area contributed by atoms with Gasteiger partial charge in [0.05, 0.1) is 11.0 Å². The standard InChI is InChI=1S/C21H32N4O3/c1-3-9-20(26)22-13-7-12-19-24-17-10-5-6-11-18(17)25(19)16-21(27)23-14-8-15-28-4-2/h5-6,10-11H,3-4,7-9,12-16H2,1-2H3,(H,22,26)(H,23,27). The number of fused-ring (bicyclic) bond motifs is 1. The molecule has 2 amide bonds. The number of rotatable bonds is 13. The van der Waals surface area contributed by atoms with Crippen LogP contribution >= 0.6 is 0 Å². The number of nitrogens with one attached hydrogen (secondary N) is 2. The van der Waals surface area contributed by atoms with Gasteiger partial charge in [-0.05, 0) is 38.3 Å². The highest BCUT2D eigenvalue weighted by molar-refractivity contribution is 5.81. The highest BCUT2D eigenvalue weighted by Crippen LogP contribution is 2.17. The monoisotopic (exact) mass is 388 g/mol. The lowest BCUT2D eigenvalue weighted by Gasteiger charge is -2.10. The van der Waals surface area contributed by atoms with Crippen LogP contribution in [0.4, 0.5) is 0 Å². The number of aromatic nitrogens is 2. The minimum atomic E-state index is -0.0304. The first kappa shape index (κ1) is 21.9. The molecule has 0 saturated carbocycles. The first-order chi connectivity index (χ1) is 13.7. The van der Waals surface area contributed by atoms with Crippen molar-refractivity contribution in [3.8, 4) is 0 Å². The summed E-state index contributed by atoms with van der Waals surface area (Å²) in [4.78, 5) is 28.6. The largest absolute Gasteiger partial charge is 0.382 e. The number of amides is 2. The molecular weight excluding hydrogens is 356 g/mol. The third kappa shape index (κ3) is 6.96. The maximum atomic E-state index is 12.4. The second-order valence-corrected chi connectivity index (χ2v) is 6.71. The Bertz CT molecular complexity index is 757. The van der Waals surface area contributed by atoms with Crippen LogP contribution in [0.3, 0.4) is 0 Å². The number of carbonyl (C=O) groups excluding carboxylic acids is 2. The SMILES string of the molecule is CCCC(=O)NCCCc1nc2ccccc2n1CC(=O)NCCCOCC. The lowest BCUT2D eigenvalue weighted by Crippen LogP contribution is -2.29. The van der Waals surface area contributed by atoms with E-state index in [4.69, 9.17) is 4.74 Å². The van der Waals surface area contributed by atoms with Gasteiger partial charge >= 0.3 is 0 Å². The summed E-state index contributed by atoms with van der Waals surface area (Å²) >= 11 is 0. The minimum absolute atomic E-state index is 0.0304. The van der Waals surface area contributed by atoms with Gasteiger partial charge in [-0.3, -0.25) is 9.59 Å². The summed E-state index contributed by atoms with van der Waals surface area (Å²) in [5, 5.41) is 5.87. The molecule has 7 nitrogen and oxygen atoms in total. The van der Waals surface area contributed by atoms with Crippen LogP contribution in [0.5, 0.6) is 0 Å². The second kappa shape index (κ2) is 12.1. The van der Waals surface area contributed by atoms with Crippen molar-refractivity contribution in [2.75, 3.05) is 26.3 Å². The summed E-state index contributed by atoms with van der Waals surface area (Å²) in [7, 11) is 0. The van der Waals surface area contributed by atoms with E-state index in [9.17, 15) is 9.59 Å². The maximum Gasteiger partial charge on any atom is 0.240 e. The molecule has 0 aliphatic carbocycles. The first-order valence-electron chi connectivity index (χ1n) is 10.2. The zero-order valence-electron chi connectivity index (χ0n) is 17.0. The van der Waals surface area contributed by atoms with E-state index < -0.39 is 0 Å². The normalized spacial score (nSPS) is 10.9. The third-order valence-corrected chi connectivity index (χ3v) is 4.40. The average molecular weight is 389 g/mol. The lowest BCUT2D eigenvalue weighted by atomic mass is 10.2. The van der Waals surface area contributed by atoms with Crippen molar-refractivity contribution < 1.29 is 14.3 Å². The summed E-state index contributed by atoms with van der Waals surface area (Å²) in [5.74, 6) is 0.926.